The maximum atomic E-state index is 5.40. The molecular formula is C17H22N2OS. The lowest BCUT2D eigenvalue weighted by atomic mass is 9.86. The highest BCUT2D eigenvalue weighted by molar-refractivity contribution is 7.14. The summed E-state index contributed by atoms with van der Waals surface area (Å²) in [5.74, 6) is 0. The van der Waals surface area contributed by atoms with Crippen LogP contribution in [0.5, 0.6) is 0 Å². The van der Waals surface area contributed by atoms with Crippen molar-refractivity contribution in [2.75, 3.05) is 31.2 Å². The molecule has 3 rings (SSSR count). The molecule has 1 aromatic carbocycles. The number of hydrogen-bond donors (Lipinski definition) is 0. The zero-order valence-electron chi connectivity index (χ0n) is 12.9. The van der Waals surface area contributed by atoms with E-state index in [4.69, 9.17) is 9.72 Å². The SMILES string of the molecule is CC(C)(C)c1cccc(-c2csc(N3CCOCC3)n2)c1. The van der Waals surface area contributed by atoms with Crippen LogP contribution in [0, 0.1) is 0 Å². The minimum Gasteiger partial charge on any atom is -0.378 e. The van der Waals surface area contributed by atoms with E-state index in [9.17, 15) is 0 Å². The first-order chi connectivity index (χ1) is 10.0. The summed E-state index contributed by atoms with van der Waals surface area (Å²) in [6, 6.07) is 8.73. The van der Waals surface area contributed by atoms with Crippen LogP contribution in [-0.4, -0.2) is 31.3 Å². The second-order valence-corrected chi connectivity index (χ2v) is 7.28. The fourth-order valence-corrected chi connectivity index (χ4v) is 3.33. The maximum absolute atomic E-state index is 5.40. The van der Waals surface area contributed by atoms with Crippen LogP contribution in [0.4, 0.5) is 5.13 Å². The Bertz CT molecular complexity index is 609. The van der Waals surface area contributed by atoms with Crippen LogP contribution in [0.1, 0.15) is 26.3 Å². The summed E-state index contributed by atoms with van der Waals surface area (Å²) in [5.41, 5.74) is 3.80. The number of ether oxygens (including phenoxy) is 1. The minimum absolute atomic E-state index is 0.166. The van der Waals surface area contributed by atoms with Crippen LogP contribution in [0.2, 0.25) is 0 Å². The lowest BCUT2D eigenvalue weighted by Gasteiger charge is -2.26. The minimum atomic E-state index is 0.166. The Morgan fingerprint density at radius 2 is 1.95 bits per heavy atom. The highest BCUT2D eigenvalue weighted by atomic mass is 32.1. The van der Waals surface area contributed by atoms with Gasteiger partial charge in [0.1, 0.15) is 0 Å². The van der Waals surface area contributed by atoms with Crippen LogP contribution in [0.25, 0.3) is 11.3 Å². The van der Waals surface area contributed by atoms with Crippen molar-refractivity contribution in [2.45, 2.75) is 26.2 Å². The van der Waals surface area contributed by atoms with Gasteiger partial charge in [-0.2, -0.15) is 0 Å². The lowest BCUT2D eigenvalue weighted by molar-refractivity contribution is 0.122. The fraction of sp³-hybridized carbons (Fsp3) is 0.471. The van der Waals surface area contributed by atoms with E-state index in [1.165, 1.54) is 11.1 Å². The standard InChI is InChI=1S/C17H22N2OS/c1-17(2,3)14-6-4-5-13(11-14)15-12-21-16(18-15)19-7-9-20-10-8-19/h4-6,11-12H,7-10H2,1-3H3. The Morgan fingerprint density at radius 1 is 1.19 bits per heavy atom. The molecule has 0 amide bonds. The van der Waals surface area contributed by atoms with Crippen molar-refractivity contribution in [3.63, 3.8) is 0 Å². The molecule has 0 unspecified atom stereocenters. The molecule has 1 aromatic heterocycles. The third-order valence-corrected chi connectivity index (χ3v) is 4.70. The van der Waals surface area contributed by atoms with Gasteiger partial charge in [0.25, 0.3) is 0 Å². The summed E-state index contributed by atoms with van der Waals surface area (Å²) in [7, 11) is 0. The summed E-state index contributed by atoms with van der Waals surface area (Å²) >= 11 is 1.72. The zero-order valence-corrected chi connectivity index (χ0v) is 13.7. The van der Waals surface area contributed by atoms with Crippen molar-refractivity contribution in [1.82, 2.24) is 4.98 Å². The number of benzene rings is 1. The van der Waals surface area contributed by atoms with Gasteiger partial charge in [-0.25, -0.2) is 4.98 Å². The fourth-order valence-electron chi connectivity index (χ4n) is 2.44. The highest BCUT2D eigenvalue weighted by Gasteiger charge is 2.17. The Labute approximate surface area is 130 Å². The van der Waals surface area contributed by atoms with Crippen molar-refractivity contribution in [3.8, 4) is 11.3 Å². The van der Waals surface area contributed by atoms with Gasteiger partial charge in [-0.05, 0) is 17.0 Å². The van der Waals surface area contributed by atoms with Crippen LogP contribution in [-0.2, 0) is 10.2 Å². The molecule has 2 aromatic rings. The number of anilines is 1. The van der Waals surface area contributed by atoms with E-state index in [1.807, 2.05) is 0 Å². The molecule has 1 aliphatic heterocycles. The van der Waals surface area contributed by atoms with Crippen LogP contribution >= 0.6 is 11.3 Å². The molecule has 2 heterocycles. The van der Waals surface area contributed by atoms with Gasteiger partial charge in [-0.1, -0.05) is 39.0 Å². The number of rotatable bonds is 2. The van der Waals surface area contributed by atoms with E-state index in [1.54, 1.807) is 11.3 Å². The molecule has 21 heavy (non-hydrogen) atoms. The van der Waals surface area contributed by atoms with Crippen molar-refractivity contribution in [1.29, 1.82) is 0 Å². The maximum Gasteiger partial charge on any atom is 0.186 e. The predicted molar refractivity (Wildman–Crippen MR) is 89.3 cm³/mol. The van der Waals surface area contributed by atoms with E-state index >= 15 is 0 Å². The first-order valence-electron chi connectivity index (χ1n) is 7.43. The second kappa shape index (κ2) is 5.78. The molecule has 1 aliphatic rings. The average molecular weight is 302 g/mol. The van der Waals surface area contributed by atoms with Gasteiger partial charge in [0, 0.05) is 24.0 Å². The van der Waals surface area contributed by atoms with Gasteiger partial charge in [0.2, 0.25) is 0 Å². The molecule has 0 radical (unpaired) electrons. The largest absolute Gasteiger partial charge is 0.378 e. The predicted octanol–water partition coefficient (Wildman–Crippen LogP) is 3.94. The molecule has 0 spiro atoms. The molecule has 0 N–H and O–H groups in total. The second-order valence-electron chi connectivity index (χ2n) is 6.45. The Balaban J connectivity index is 1.86. The Kier molecular flexibility index (Phi) is 4.00. The normalized spacial score (nSPS) is 16.2. The van der Waals surface area contributed by atoms with Gasteiger partial charge in [-0.3, -0.25) is 0 Å². The lowest BCUT2D eigenvalue weighted by Crippen LogP contribution is -2.36. The van der Waals surface area contributed by atoms with Crippen molar-refractivity contribution < 1.29 is 4.74 Å². The van der Waals surface area contributed by atoms with E-state index in [2.05, 4.69) is 55.3 Å². The van der Waals surface area contributed by atoms with Crippen molar-refractivity contribution >= 4 is 16.5 Å². The van der Waals surface area contributed by atoms with Crippen LogP contribution < -0.4 is 4.90 Å². The number of nitrogens with zero attached hydrogens (tertiary/aromatic N) is 2. The van der Waals surface area contributed by atoms with Crippen molar-refractivity contribution in [3.05, 3.63) is 35.2 Å². The van der Waals surface area contributed by atoms with Crippen LogP contribution in [0.3, 0.4) is 0 Å². The van der Waals surface area contributed by atoms with E-state index in [0.29, 0.717) is 0 Å². The summed E-state index contributed by atoms with van der Waals surface area (Å²) in [4.78, 5) is 7.13. The summed E-state index contributed by atoms with van der Waals surface area (Å²) in [6.45, 7) is 10.2. The van der Waals surface area contributed by atoms with Gasteiger partial charge in [0.15, 0.2) is 5.13 Å². The third-order valence-electron chi connectivity index (χ3n) is 3.80. The third kappa shape index (κ3) is 3.27. The zero-order chi connectivity index (χ0) is 14.9. The molecule has 4 heteroatoms. The molecule has 0 saturated carbocycles. The van der Waals surface area contributed by atoms with Gasteiger partial charge in [-0.15, -0.1) is 11.3 Å². The topological polar surface area (TPSA) is 25.4 Å². The number of hydrogen-bond acceptors (Lipinski definition) is 4. The van der Waals surface area contributed by atoms with Crippen LogP contribution in [0.15, 0.2) is 29.6 Å². The molecule has 0 bridgehead atoms. The Morgan fingerprint density at radius 3 is 2.67 bits per heavy atom. The molecular weight excluding hydrogens is 280 g/mol. The molecule has 0 atom stereocenters. The first kappa shape index (κ1) is 14.5. The molecule has 1 saturated heterocycles. The average Bonchev–Trinajstić information content (AvgIpc) is 2.97. The van der Waals surface area contributed by atoms with Gasteiger partial charge < -0.3 is 9.64 Å². The summed E-state index contributed by atoms with van der Waals surface area (Å²) < 4.78 is 5.40. The molecule has 1 fully saturated rings. The van der Waals surface area contributed by atoms with E-state index in [0.717, 1.165) is 37.1 Å². The summed E-state index contributed by atoms with van der Waals surface area (Å²) in [5, 5.41) is 3.27. The van der Waals surface area contributed by atoms with Gasteiger partial charge in [0.05, 0.1) is 18.9 Å². The number of morpholine rings is 1. The van der Waals surface area contributed by atoms with E-state index < -0.39 is 0 Å². The summed E-state index contributed by atoms with van der Waals surface area (Å²) in [6.07, 6.45) is 0. The van der Waals surface area contributed by atoms with Gasteiger partial charge >= 0.3 is 0 Å². The highest BCUT2D eigenvalue weighted by Crippen LogP contribution is 2.31. The quantitative estimate of drug-likeness (QED) is 0.840. The number of aromatic nitrogens is 1. The van der Waals surface area contributed by atoms with E-state index in [-0.39, 0.29) is 5.41 Å². The molecule has 0 aliphatic carbocycles. The first-order valence-corrected chi connectivity index (χ1v) is 8.31. The van der Waals surface area contributed by atoms with Crippen molar-refractivity contribution in [2.24, 2.45) is 0 Å². The smallest absolute Gasteiger partial charge is 0.186 e. The molecule has 112 valence electrons. The Hall–Kier alpha value is -1.39. The molecule has 3 nitrogen and oxygen atoms in total. The monoisotopic (exact) mass is 302 g/mol. The number of thiazole rings is 1.